The number of hydrogen-bond donors (Lipinski definition) is 1. The second-order valence-corrected chi connectivity index (χ2v) is 4.85. The van der Waals surface area contributed by atoms with Crippen LogP contribution in [0.25, 0.3) is 0 Å². The predicted octanol–water partition coefficient (Wildman–Crippen LogP) is 3.67. The molecule has 1 N–H and O–H groups in total. The van der Waals surface area contributed by atoms with Gasteiger partial charge in [0.1, 0.15) is 5.82 Å². The molecule has 2 nitrogen and oxygen atoms in total. The number of nitrogens with one attached hydrogen (secondary N) is 1. The standard InChI is InChI=1S/C13H19BrFNO/c1-16-13(5-3-4-8-17-2)11-9-10(15)6-7-12(11)14/h6-7,9,13,16H,3-5,8H2,1-2H3. The van der Waals surface area contributed by atoms with Gasteiger partial charge in [0, 0.05) is 24.2 Å². The number of methoxy groups -OCH3 is 1. The molecule has 0 saturated carbocycles. The van der Waals surface area contributed by atoms with E-state index in [0.29, 0.717) is 0 Å². The average Bonchev–Trinajstić information content (AvgIpc) is 2.33. The number of ether oxygens (including phenoxy) is 1. The van der Waals surface area contributed by atoms with Crippen LogP contribution in [0.15, 0.2) is 22.7 Å². The van der Waals surface area contributed by atoms with Gasteiger partial charge in [-0.05, 0) is 50.1 Å². The molecule has 0 amide bonds. The molecule has 0 fully saturated rings. The Balaban J connectivity index is 2.62. The van der Waals surface area contributed by atoms with E-state index >= 15 is 0 Å². The minimum atomic E-state index is -0.194. The summed E-state index contributed by atoms with van der Waals surface area (Å²) in [7, 11) is 3.61. The van der Waals surface area contributed by atoms with Crippen LogP contribution in [-0.2, 0) is 4.74 Å². The summed E-state index contributed by atoms with van der Waals surface area (Å²) in [5.74, 6) is -0.194. The molecule has 1 aromatic carbocycles. The van der Waals surface area contributed by atoms with Crippen molar-refractivity contribution >= 4 is 15.9 Å². The maximum absolute atomic E-state index is 13.2. The predicted molar refractivity (Wildman–Crippen MR) is 71.6 cm³/mol. The Morgan fingerprint density at radius 3 is 2.82 bits per heavy atom. The van der Waals surface area contributed by atoms with Crippen molar-refractivity contribution in [2.75, 3.05) is 20.8 Å². The Morgan fingerprint density at radius 2 is 2.18 bits per heavy atom. The maximum Gasteiger partial charge on any atom is 0.123 e. The van der Waals surface area contributed by atoms with Crippen LogP contribution in [0, 0.1) is 5.82 Å². The van der Waals surface area contributed by atoms with Gasteiger partial charge < -0.3 is 10.1 Å². The van der Waals surface area contributed by atoms with Gasteiger partial charge in [0.2, 0.25) is 0 Å². The molecule has 0 aliphatic heterocycles. The highest BCUT2D eigenvalue weighted by Gasteiger charge is 2.13. The van der Waals surface area contributed by atoms with Crippen molar-refractivity contribution in [1.29, 1.82) is 0 Å². The molecule has 1 aromatic rings. The van der Waals surface area contributed by atoms with E-state index < -0.39 is 0 Å². The van der Waals surface area contributed by atoms with E-state index in [9.17, 15) is 4.39 Å². The van der Waals surface area contributed by atoms with Crippen molar-refractivity contribution in [3.63, 3.8) is 0 Å². The summed E-state index contributed by atoms with van der Waals surface area (Å²) in [6.07, 6.45) is 3.06. The van der Waals surface area contributed by atoms with Gasteiger partial charge >= 0.3 is 0 Å². The Morgan fingerprint density at radius 1 is 1.41 bits per heavy atom. The molecule has 96 valence electrons. The van der Waals surface area contributed by atoms with Gasteiger partial charge in [0.05, 0.1) is 0 Å². The largest absolute Gasteiger partial charge is 0.385 e. The highest BCUT2D eigenvalue weighted by molar-refractivity contribution is 9.10. The van der Waals surface area contributed by atoms with E-state index in [4.69, 9.17) is 4.74 Å². The van der Waals surface area contributed by atoms with E-state index in [1.165, 1.54) is 6.07 Å². The molecule has 0 spiro atoms. The summed E-state index contributed by atoms with van der Waals surface area (Å²) in [5, 5.41) is 3.23. The first-order chi connectivity index (χ1) is 8.19. The first-order valence-corrected chi connectivity index (χ1v) is 6.59. The van der Waals surface area contributed by atoms with E-state index in [-0.39, 0.29) is 11.9 Å². The summed E-state index contributed by atoms with van der Waals surface area (Å²) in [6, 6.07) is 4.98. The lowest BCUT2D eigenvalue weighted by molar-refractivity contribution is 0.191. The van der Waals surface area contributed by atoms with Crippen LogP contribution in [0.1, 0.15) is 30.9 Å². The molecule has 1 rings (SSSR count). The molecular formula is C13H19BrFNO. The van der Waals surface area contributed by atoms with E-state index in [0.717, 1.165) is 35.9 Å². The third-order valence-electron chi connectivity index (χ3n) is 2.77. The molecule has 0 aliphatic carbocycles. The molecule has 0 radical (unpaired) electrons. The Labute approximate surface area is 111 Å². The molecule has 17 heavy (non-hydrogen) atoms. The Bertz CT molecular complexity index is 346. The zero-order valence-corrected chi connectivity index (χ0v) is 11.9. The normalized spacial score (nSPS) is 12.7. The minimum Gasteiger partial charge on any atom is -0.385 e. The number of rotatable bonds is 7. The van der Waals surface area contributed by atoms with Crippen LogP contribution < -0.4 is 5.32 Å². The van der Waals surface area contributed by atoms with Gasteiger partial charge in [-0.3, -0.25) is 0 Å². The molecule has 0 heterocycles. The van der Waals surface area contributed by atoms with Gasteiger partial charge in [-0.25, -0.2) is 4.39 Å². The minimum absolute atomic E-state index is 0.178. The van der Waals surface area contributed by atoms with E-state index in [2.05, 4.69) is 21.2 Å². The maximum atomic E-state index is 13.2. The van der Waals surface area contributed by atoms with E-state index in [1.807, 2.05) is 7.05 Å². The van der Waals surface area contributed by atoms with Crippen molar-refractivity contribution < 1.29 is 9.13 Å². The van der Waals surface area contributed by atoms with Gasteiger partial charge in [-0.2, -0.15) is 0 Å². The summed E-state index contributed by atoms with van der Waals surface area (Å²) in [6.45, 7) is 0.779. The monoisotopic (exact) mass is 303 g/mol. The molecule has 1 unspecified atom stereocenters. The fraction of sp³-hybridized carbons (Fsp3) is 0.538. The summed E-state index contributed by atoms with van der Waals surface area (Å²) >= 11 is 3.46. The second-order valence-electron chi connectivity index (χ2n) is 4.00. The van der Waals surface area contributed by atoms with Crippen molar-refractivity contribution in [2.24, 2.45) is 0 Å². The summed E-state index contributed by atoms with van der Waals surface area (Å²) in [4.78, 5) is 0. The highest BCUT2D eigenvalue weighted by Crippen LogP contribution is 2.27. The fourth-order valence-corrected chi connectivity index (χ4v) is 2.35. The van der Waals surface area contributed by atoms with Crippen molar-refractivity contribution in [2.45, 2.75) is 25.3 Å². The highest BCUT2D eigenvalue weighted by atomic mass is 79.9. The van der Waals surface area contributed by atoms with E-state index in [1.54, 1.807) is 19.2 Å². The smallest absolute Gasteiger partial charge is 0.123 e. The summed E-state index contributed by atoms with van der Waals surface area (Å²) in [5.41, 5.74) is 0.977. The zero-order chi connectivity index (χ0) is 12.7. The van der Waals surface area contributed by atoms with Gasteiger partial charge in [-0.1, -0.05) is 15.9 Å². The fourth-order valence-electron chi connectivity index (χ4n) is 1.83. The average molecular weight is 304 g/mol. The lowest BCUT2D eigenvalue weighted by Crippen LogP contribution is -2.17. The molecule has 4 heteroatoms. The van der Waals surface area contributed by atoms with Gasteiger partial charge in [-0.15, -0.1) is 0 Å². The number of halogens is 2. The first kappa shape index (κ1) is 14.6. The Kier molecular flexibility index (Phi) is 6.70. The van der Waals surface area contributed by atoms with Gasteiger partial charge in [0.15, 0.2) is 0 Å². The van der Waals surface area contributed by atoms with Crippen molar-refractivity contribution in [3.8, 4) is 0 Å². The molecule has 0 saturated heterocycles. The van der Waals surface area contributed by atoms with Crippen LogP contribution in [-0.4, -0.2) is 20.8 Å². The first-order valence-electron chi connectivity index (χ1n) is 5.80. The number of unbranched alkanes of at least 4 members (excludes halogenated alkanes) is 1. The van der Waals surface area contributed by atoms with Crippen LogP contribution >= 0.6 is 15.9 Å². The molecular weight excluding hydrogens is 285 g/mol. The SMILES string of the molecule is CNC(CCCCOC)c1cc(F)ccc1Br. The van der Waals surface area contributed by atoms with Crippen molar-refractivity contribution in [3.05, 3.63) is 34.1 Å². The third-order valence-corrected chi connectivity index (χ3v) is 3.50. The van der Waals surface area contributed by atoms with Crippen molar-refractivity contribution in [1.82, 2.24) is 5.32 Å². The number of hydrogen-bond acceptors (Lipinski definition) is 2. The molecule has 0 bridgehead atoms. The van der Waals surface area contributed by atoms with Crippen LogP contribution in [0.3, 0.4) is 0 Å². The Hall–Kier alpha value is -0.450. The molecule has 1 atom stereocenters. The zero-order valence-electron chi connectivity index (χ0n) is 10.3. The topological polar surface area (TPSA) is 21.3 Å². The third kappa shape index (κ3) is 4.74. The quantitative estimate of drug-likeness (QED) is 0.776. The lowest BCUT2D eigenvalue weighted by atomic mass is 10.0. The van der Waals surface area contributed by atoms with Gasteiger partial charge in [0.25, 0.3) is 0 Å². The second kappa shape index (κ2) is 7.80. The van der Waals surface area contributed by atoms with Crippen LogP contribution in [0.5, 0.6) is 0 Å². The summed E-state index contributed by atoms with van der Waals surface area (Å²) < 4.78 is 19.2. The van der Waals surface area contributed by atoms with Crippen LogP contribution in [0.2, 0.25) is 0 Å². The molecule has 0 aliphatic rings. The lowest BCUT2D eigenvalue weighted by Gasteiger charge is -2.18. The molecule has 0 aromatic heterocycles. The number of benzene rings is 1. The van der Waals surface area contributed by atoms with Crippen LogP contribution in [0.4, 0.5) is 4.39 Å².